The molecule has 0 fully saturated rings. The van der Waals surface area contributed by atoms with E-state index in [4.69, 9.17) is 27.9 Å². The van der Waals surface area contributed by atoms with Gasteiger partial charge < -0.3 is 10.1 Å². The van der Waals surface area contributed by atoms with Crippen molar-refractivity contribution in [3.63, 3.8) is 0 Å². The summed E-state index contributed by atoms with van der Waals surface area (Å²) >= 11 is 13.2. The summed E-state index contributed by atoms with van der Waals surface area (Å²) < 4.78 is 4.99. The first kappa shape index (κ1) is 19.6. The van der Waals surface area contributed by atoms with Crippen molar-refractivity contribution in [3.05, 3.63) is 64.1 Å². The third-order valence-electron chi connectivity index (χ3n) is 3.29. The minimum Gasteiger partial charge on any atom is -0.455 e. The molecule has 0 unspecified atom stereocenters. The summed E-state index contributed by atoms with van der Waals surface area (Å²) in [6.07, 6.45) is 0. The van der Waals surface area contributed by atoms with Crippen molar-refractivity contribution >= 4 is 46.8 Å². The van der Waals surface area contributed by atoms with E-state index in [0.717, 1.165) is 10.5 Å². The van der Waals surface area contributed by atoms with Crippen molar-refractivity contribution in [1.82, 2.24) is 5.32 Å². The second kappa shape index (κ2) is 9.70. The molecule has 0 aromatic heterocycles. The fourth-order valence-electron chi connectivity index (χ4n) is 1.99. The Morgan fingerprint density at radius 2 is 1.84 bits per heavy atom. The van der Waals surface area contributed by atoms with Crippen molar-refractivity contribution < 1.29 is 14.3 Å². The van der Waals surface area contributed by atoms with Crippen LogP contribution in [0.3, 0.4) is 0 Å². The van der Waals surface area contributed by atoms with Gasteiger partial charge in [-0.15, -0.1) is 11.8 Å². The molecule has 0 saturated heterocycles. The molecule has 0 radical (unpaired) electrons. The Labute approximate surface area is 160 Å². The molecule has 1 atom stereocenters. The highest BCUT2D eigenvalue weighted by Gasteiger charge is 2.13. The van der Waals surface area contributed by atoms with Gasteiger partial charge >= 0.3 is 5.97 Å². The van der Waals surface area contributed by atoms with Gasteiger partial charge in [0.05, 0.1) is 21.8 Å². The zero-order chi connectivity index (χ0) is 18.2. The molecule has 0 saturated carbocycles. The Kier molecular flexibility index (Phi) is 7.62. The normalized spacial score (nSPS) is 11.6. The van der Waals surface area contributed by atoms with Crippen LogP contribution in [0, 0.1) is 0 Å². The molecule has 0 spiro atoms. The minimum atomic E-state index is -0.439. The second-order valence-corrected chi connectivity index (χ2v) is 7.09. The maximum absolute atomic E-state index is 11.9. The van der Waals surface area contributed by atoms with E-state index in [1.807, 2.05) is 37.3 Å². The largest absolute Gasteiger partial charge is 0.455 e. The Morgan fingerprint density at radius 1 is 1.12 bits per heavy atom. The average Bonchev–Trinajstić information content (AvgIpc) is 2.61. The minimum absolute atomic E-state index is 0.152. The number of halogens is 2. The number of nitrogens with one attached hydrogen (secondary N) is 1. The molecule has 0 aliphatic carbocycles. The summed E-state index contributed by atoms with van der Waals surface area (Å²) in [5, 5.41) is 3.62. The van der Waals surface area contributed by atoms with Gasteiger partial charge in [0.15, 0.2) is 6.61 Å². The highest BCUT2D eigenvalue weighted by atomic mass is 35.5. The van der Waals surface area contributed by atoms with Gasteiger partial charge in [-0.25, -0.2) is 0 Å². The lowest BCUT2D eigenvalue weighted by molar-refractivity contribution is -0.146. The van der Waals surface area contributed by atoms with Crippen molar-refractivity contribution in [3.8, 4) is 0 Å². The third kappa shape index (κ3) is 6.61. The van der Waals surface area contributed by atoms with E-state index in [1.54, 1.807) is 18.2 Å². The number of hydrogen-bond donors (Lipinski definition) is 1. The Morgan fingerprint density at radius 3 is 2.52 bits per heavy atom. The number of thioether (sulfide) groups is 1. The van der Waals surface area contributed by atoms with Gasteiger partial charge in [-0.1, -0.05) is 47.5 Å². The second-order valence-electron chi connectivity index (χ2n) is 5.23. The highest BCUT2D eigenvalue weighted by Crippen LogP contribution is 2.25. The van der Waals surface area contributed by atoms with E-state index in [0.29, 0.717) is 10.0 Å². The Balaban J connectivity index is 1.74. The van der Waals surface area contributed by atoms with E-state index in [-0.39, 0.29) is 24.3 Å². The fraction of sp³-hybridized carbons (Fsp3) is 0.222. The van der Waals surface area contributed by atoms with E-state index < -0.39 is 5.97 Å². The van der Waals surface area contributed by atoms with E-state index in [2.05, 4.69) is 5.32 Å². The van der Waals surface area contributed by atoms with Crippen LogP contribution in [0.2, 0.25) is 10.0 Å². The van der Waals surface area contributed by atoms with Gasteiger partial charge in [-0.05, 0) is 36.8 Å². The van der Waals surface area contributed by atoms with Crippen LogP contribution in [-0.2, 0) is 14.3 Å². The predicted molar refractivity (Wildman–Crippen MR) is 101 cm³/mol. The van der Waals surface area contributed by atoms with E-state index in [1.165, 1.54) is 11.8 Å². The molecule has 2 rings (SSSR count). The van der Waals surface area contributed by atoms with Gasteiger partial charge in [0.2, 0.25) is 0 Å². The maximum atomic E-state index is 11.9. The number of carbonyl (C=O) groups is 2. The molecule has 132 valence electrons. The van der Waals surface area contributed by atoms with Crippen molar-refractivity contribution in [1.29, 1.82) is 0 Å². The molecule has 2 aromatic rings. The first-order valence-electron chi connectivity index (χ1n) is 7.53. The molecular weight excluding hydrogens is 381 g/mol. The number of ether oxygens (including phenoxy) is 1. The molecular formula is C18H17Cl2NO3S. The smallest absolute Gasteiger partial charge is 0.316 e. The summed E-state index contributed by atoms with van der Waals surface area (Å²) in [4.78, 5) is 24.6. The van der Waals surface area contributed by atoms with Crippen LogP contribution in [-0.4, -0.2) is 24.2 Å². The molecule has 0 aliphatic heterocycles. The van der Waals surface area contributed by atoms with Crippen LogP contribution in [0.25, 0.3) is 0 Å². The summed E-state index contributed by atoms with van der Waals surface area (Å²) in [5.74, 6) is -0.664. The molecule has 0 aliphatic rings. The maximum Gasteiger partial charge on any atom is 0.316 e. The van der Waals surface area contributed by atoms with Gasteiger partial charge in [0.25, 0.3) is 5.91 Å². The van der Waals surface area contributed by atoms with Gasteiger partial charge in [0.1, 0.15) is 0 Å². The monoisotopic (exact) mass is 397 g/mol. The van der Waals surface area contributed by atoms with Crippen molar-refractivity contribution in [2.24, 2.45) is 0 Å². The van der Waals surface area contributed by atoms with Gasteiger partial charge in [-0.3, -0.25) is 9.59 Å². The number of hydrogen-bond acceptors (Lipinski definition) is 4. The Bertz CT molecular complexity index is 740. The zero-order valence-electron chi connectivity index (χ0n) is 13.5. The van der Waals surface area contributed by atoms with Crippen LogP contribution in [0.4, 0.5) is 0 Å². The van der Waals surface area contributed by atoms with E-state index >= 15 is 0 Å². The number of benzene rings is 2. The summed E-state index contributed by atoms with van der Waals surface area (Å²) in [6, 6.07) is 14.4. The molecule has 7 heteroatoms. The van der Waals surface area contributed by atoms with Crippen LogP contribution >= 0.6 is 35.0 Å². The zero-order valence-corrected chi connectivity index (χ0v) is 15.8. The summed E-state index contributed by atoms with van der Waals surface area (Å²) in [5.41, 5.74) is 0.814. The third-order valence-corrected chi connectivity index (χ3v) is 5.01. The number of rotatable bonds is 7. The van der Waals surface area contributed by atoms with Crippen LogP contribution < -0.4 is 5.32 Å². The van der Waals surface area contributed by atoms with Crippen LogP contribution in [0.5, 0.6) is 0 Å². The molecule has 2 aromatic carbocycles. The molecule has 0 bridgehead atoms. The average molecular weight is 398 g/mol. The molecule has 4 nitrogen and oxygen atoms in total. The molecule has 25 heavy (non-hydrogen) atoms. The fourth-order valence-corrected chi connectivity index (χ4v) is 3.02. The van der Waals surface area contributed by atoms with Gasteiger partial charge in [0, 0.05) is 4.90 Å². The molecule has 1 N–H and O–H groups in total. The van der Waals surface area contributed by atoms with Crippen molar-refractivity contribution in [2.75, 3.05) is 12.4 Å². The van der Waals surface area contributed by atoms with Crippen molar-refractivity contribution in [2.45, 2.75) is 17.9 Å². The SMILES string of the molecule is C[C@H](NC(=O)COC(=O)CSc1ccccc1)c1ccc(Cl)c(Cl)c1. The van der Waals surface area contributed by atoms with Gasteiger partial charge in [-0.2, -0.15) is 0 Å². The molecule has 0 heterocycles. The van der Waals surface area contributed by atoms with Crippen LogP contribution in [0.1, 0.15) is 18.5 Å². The summed E-state index contributed by atoms with van der Waals surface area (Å²) in [7, 11) is 0. The highest BCUT2D eigenvalue weighted by molar-refractivity contribution is 8.00. The predicted octanol–water partition coefficient (Wildman–Crippen LogP) is 4.51. The van der Waals surface area contributed by atoms with E-state index in [9.17, 15) is 9.59 Å². The Hall–Kier alpha value is -1.69. The lowest BCUT2D eigenvalue weighted by Gasteiger charge is -2.15. The first-order chi connectivity index (χ1) is 12.0. The number of amides is 1. The lowest BCUT2D eigenvalue weighted by Crippen LogP contribution is -2.31. The first-order valence-corrected chi connectivity index (χ1v) is 9.27. The lowest BCUT2D eigenvalue weighted by atomic mass is 10.1. The quantitative estimate of drug-likeness (QED) is 0.551. The standard InChI is InChI=1S/C18H17Cl2NO3S/c1-12(13-7-8-15(19)16(20)9-13)21-17(22)10-24-18(23)11-25-14-5-3-2-4-6-14/h2-9,12H,10-11H2,1H3,(H,21,22)/t12-/m0/s1. The summed E-state index contributed by atoms with van der Waals surface area (Å²) in [6.45, 7) is 1.49. The molecule has 1 amide bonds. The number of esters is 1. The number of carbonyl (C=O) groups excluding carboxylic acids is 2. The van der Waals surface area contributed by atoms with Crippen LogP contribution in [0.15, 0.2) is 53.4 Å². The topological polar surface area (TPSA) is 55.4 Å².